The van der Waals surface area contributed by atoms with E-state index in [0.29, 0.717) is 5.41 Å². The lowest BCUT2D eigenvalue weighted by atomic mass is 9.82. The van der Waals surface area contributed by atoms with E-state index < -0.39 is 0 Å². The number of hydrogen-bond donors (Lipinski definition) is 2. The average molecular weight is 245 g/mol. The molecule has 18 heavy (non-hydrogen) atoms. The quantitative estimate of drug-likeness (QED) is 0.622. The second kappa shape index (κ2) is 4.63. The van der Waals surface area contributed by atoms with Crippen LogP contribution in [0.3, 0.4) is 0 Å². The Labute approximate surface area is 109 Å². The summed E-state index contributed by atoms with van der Waals surface area (Å²) in [5, 5.41) is 7.69. The highest BCUT2D eigenvalue weighted by atomic mass is 15.1. The molecule has 0 unspecified atom stereocenters. The molecule has 0 spiro atoms. The first kappa shape index (κ1) is 12.9. The third kappa shape index (κ3) is 2.66. The fourth-order valence-electron chi connectivity index (χ4n) is 2.48. The Morgan fingerprint density at radius 1 is 1.28 bits per heavy atom. The Morgan fingerprint density at radius 3 is 2.44 bits per heavy atom. The van der Waals surface area contributed by atoms with Gasteiger partial charge < -0.3 is 10.6 Å². The molecule has 0 saturated carbocycles. The number of rotatable bonds is 2. The number of hydrogen-bond acceptors (Lipinski definition) is 2. The van der Waals surface area contributed by atoms with Gasteiger partial charge in [0.2, 0.25) is 0 Å². The number of nitrogen functional groups attached to an aromatic ring is 1. The van der Waals surface area contributed by atoms with Crippen LogP contribution in [0, 0.1) is 17.7 Å². The maximum atomic E-state index is 7.69. The van der Waals surface area contributed by atoms with Crippen molar-refractivity contribution in [2.45, 2.75) is 33.6 Å². The molecule has 0 amide bonds. The Kier molecular flexibility index (Phi) is 3.33. The van der Waals surface area contributed by atoms with Crippen LogP contribution < -0.4 is 10.6 Å². The highest BCUT2D eigenvalue weighted by Crippen LogP contribution is 2.33. The Hall–Kier alpha value is -1.51. The van der Waals surface area contributed by atoms with Crippen molar-refractivity contribution in [3.63, 3.8) is 0 Å². The topological polar surface area (TPSA) is 53.1 Å². The molecule has 3 nitrogen and oxygen atoms in total. The Bertz CT molecular complexity index is 453. The van der Waals surface area contributed by atoms with Gasteiger partial charge in [-0.2, -0.15) is 0 Å². The summed E-state index contributed by atoms with van der Waals surface area (Å²) in [4.78, 5) is 2.37. The molecule has 1 aromatic carbocycles. The van der Waals surface area contributed by atoms with Gasteiger partial charge in [0, 0.05) is 24.3 Å². The van der Waals surface area contributed by atoms with E-state index in [2.05, 4.69) is 31.7 Å². The summed E-state index contributed by atoms with van der Waals surface area (Å²) in [5.74, 6) is 0.162. The summed E-state index contributed by atoms with van der Waals surface area (Å²) in [5.41, 5.74) is 9.33. The number of nitrogens with two attached hydrogens (primary N) is 1. The molecule has 1 aliphatic heterocycles. The van der Waals surface area contributed by atoms with E-state index in [9.17, 15) is 0 Å². The molecule has 0 atom stereocenters. The summed E-state index contributed by atoms with van der Waals surface area (Å²) in [6, 6.07) is 6.13. The van der Waals surface area contributed by atoms with Gasteiger partial charge in [-0.1, -0.05) is 19.9 Å². The van der Waals surface area contributed by atoms with Gasteiger partial charge in [-0.15, -0.1) is 0 Å². The highest BCUT2D eigenvalue weighted by molar-refractivity contribution is 6.00. The predicted octanol–water partition coefficient (Wildman–Crippen LogP) is 2.91. The minimum atomic E-state index is 0.162. The van der Waals surface area contributed by atoms with Gasteiger partial charge in [-0.25, -0.2) is 0 Å². The van der Waals surface area contributed by atoms with Gasteiger partial charge in [-0.3, -0.25) is 5.41 Å². The highest BCUT2D eigenvalue weighted by Gasteiger charge is 2.26. The van der Waals surface area contributed by atoms with Gasteiger partial charge in [0.25, 0.3) is 0 Å². The zero-order valence-electron chi connectivity index (χ0n) is 11.6. The van der Waals surface area contributed by atoms with E-state index in [1.165, 1.54) is 18.4 Å². The second-order valence-electron chi connectivity index (χ2n) is 6.09. The maximum absolute atomic E-state index is 7.69. The van der Waals surface area contributed by atoms with E-state index in [-0.39, 0.29) is 5.84 Å². The molecular weight excluding hydrogens is 222 g/mol. The molecule has 0 aromatic heterocycles. The lowest BCUT2D eigenvalue weighted by molar-refractivity contribution is 0.280. The van der Waals surface area contributed by atoms with E-state index >= 15 is 0 Å². The zero-order chi connectivity index (χ0) is 13.3. The van der Waals surface area contributed by atoms with Gasteiger partial charge in [0.1, 0.15) is 5.84 Å². The summed E-state index contributed by atoms with van der Waals surface area (Å²) in [6.07, 6.45) is 2.39. The normalized spacial score (nSPS) is 18.7. The van der Waals surface area contributed by atoms with Crippen molar-refractivity contribution in [1.29, 1.82) is 5.41 Å². The van der Waals surface area contributed by atoms with Crippen LogP contribution in [-0.4, -0.2) is 18.9 Å². The number of piperidine rings is 1. The standard InChI is InChI=1S/C15H23N3/c1-11-4-5-12(14(16)17)13(10-11)18-8-6-15(2,3)7-9-18/h4-5,10H,6-9H2,1-3H3,(H3,16,17). The van der Waals surface area contributed by atoms with Gasteiger partial charge in [-0.05, 0) is 42.9 Å². The van der Waals surface area contributed by atoms with Crippen LogP contribution in [0.2, 0.25) is 0 Å². The van der Waals surface area contributed by atoms with Crippen LogP contribution in [0.5, 0.6) is 0 Å². The SMILES string of the molecule is Cc1ccc(C(=N)N)c(N2CCC(C)(C)CC2)c1. The van der Waals surface area contributed by atoms with E-state index in [4.69, 9.17) is 11.1 Å². The fraction of sp³-hybridized carbons (Fsp3) is 0.533. The molecular formula is C15H23N3. The first-order valence-corrected chi connectivity index (χ1v) is 6.59. The van der Waals surface area contributed by atoms with Crippen molar-refractivity contribution in [3.8, 4) is 0 Å². The lowest BCUT2D eigenvalue weighted by Crippen LogP contribution is -2.38. The summed E-state index contributed by atoms with van der Waals surface area (Å²) >= 11 is 0. The largest absolute Gasteiger partial charge is 0.384 e. The number of nitrogens with zero attached hydrogens (tertiary/aromatic N) is 1. The van der Waals surface area contributed by atoms with E-state index in [1.54, 1.807) is 0 Å². The lowest BCUT2D eigenvalue weighted by Gasteiger charge is -2.39. The van der Waals surface area contributed by atoms with Crippen molar-refractivity contribution in [2.24, 2.45) is 11.1 Å². The first-order chi connectivity index (χ1) is 8.39. The van der Waals surface area contributed by atoms with Crippen molar-refractivity contribution in [1.82, 2.24) is 0 Å². The molecule has 1 aliphatic rings. The molecule has 1 heterocycles. The third-order valence-electron chi connectivity index (χ3n) is 3.90. The van der Waals surface area contributed by atoms with Gasteiger partial charge in [0.15, 0.2) is 0 Å². The smallest absolute Gasteiger partial charge is 0.124 e. The minimum absolute atomic E-state index is 0.162. The zero-order valence-corrected chi connectivity index (χ0v) is 11.6. The molecule has 98 valence electrons. The fourth-order valence-corrected chi connectivity index (χ4v) is 2.48. The molecule has 1 fully saturated rings. The molecule has 0 bridgehead atoms. The Balaban J connectivity index is 2.28. The molecule has 0 radical (unpaired) electrons. The van der Waals surface area contributed by atoms with Crippen molar-refractivity contribution in [2.75, 3.05) is 18.0 Å². The second-order valence-corrected chi connectivity index (χ2v) is 6.09. The minimum Gasteiger partial charge on any atom is -0.384 e. The Morgan fingerprint density at radius 2 is 1.89 bits per heavy atom. The number of aryl methyl sites for hydroxylation is 1. The number of nitrogens with one attached hydrogen (secondary N) is 1. The maximum Gasteiger partial charge on any atom is 0.124 e. The van der Waals surface area contributed by atoms with Crippen LogP contribution in [-0.2, 0) is 0 Å². The van der Waals surface area contributed by atoms with Crippen molar-refractivity contribution < 1.29 is 0 Å². The molecule has 3 N–H and O–H groups in total. The number of benzene rings is 1. The molecule has 1 aromatic rings. The molecule has 3 heteroatoms. The van der Waals surface area contributed by atoms with Crippen LogP contribution >= 0.6 is 0 Å². The molecule has 2 rings (SSSR count). The van der Waals surface area contributed by atoms with Crippen molar-refractivity contribution in [3.05, 3.63) is 29.3 Å². The van der Waals surface area contributed by atoms with Crippen LogP contribution in [0.25, 0.3) is 0 Å². The molecule has 0 aliphatic carbocycles. The monoisotopic (exact) mass is 245 g/mol. The number of anilines is 1. The third-order valence-corrected chi connectivity index (χ3v) is 3.90. The summed E-state index contributed by atoms with van der Waals surface area (Å²) < 4.78 is 0. The molecule has 1 saturated heterocycles. The van der Waals surface area contributed by atoms with E-state index in [0.717, 1.165) is 24.3 Å². The van der Waals surface area contributed by atoms with Crippen LogP contribution in [0.15, 0.2) is 18.2 Å². The van der Waals surface area contributed by atoms with Gasteiger partial charge in [0.05, 0.1) is 0 Å². The predicted molar refractivity (Wildman–Crippen MR) is 77.4 cm³/mol. The van der Waals surface area contributed by atoms with Crippen LogP contribution in [0.1, 0.15) is 37.8 Å². The van der Waals surface area contributed by atoms with Crippen molar-refractivity contribution >= 4 is 11.5 Å². The van der Waals surface area contributed by atoms with Crippen LogP contribution in [0.4, 0.5) is 5.69 Å². The van der Waals surface area contributed by atoms with E-state index in [1.807, 2.05) is 12.1 Å². The first-order valence-electron chi connectivity index (χ1n) is 6.59. The average Bonchev–Trinajstić information content (AvgIpc) is 2.28. The summed E-state index contributed by atoms with van der Waals surface area (Å²) in [7, 11) is 0. The van der Waals surface area contributed by atoms with Gasteiger partial charge >= 0.3 is 0 Å². The number of amidine groups is 1. The summed E-state index contributed by atoms with van der Waals surface area (Å²) in [6.45, 7) is 8.84.